The highest BCUT2D eigenvalue weighted by atomic mass is 32.2. The van der Waals surface area contributed by atoms with Crippen LogP contribution in [0.5, 0.6) is 0 Å². The molecule has 0 bridgehead atoms. The van der Waals surface area contributed by atoms with Gasteiger partial charge in [-0.3, -0.25) is 0 Å². The molecule has 0 aliphatic carbocycles. The highest BCUT2D eigenvalue weighted by Gasteiger charge is 2.26. The highest BCUT2D eigenvalue weighted by molar-refractivity contribution is 7.91. The number of ether oxygens (including phenoxy) is 1. The van der Waals surface area contributed by atoms with Crippen molar-refractivity contribution in [3.8, 4) is 0 Å². The molecule has 1 atom stereocenters. The fraction of sp³-hybridized carbons (Fsp3) is 0.538. The van der Waals surface area contributed by atoms with Gasteiger partial charge in [-0.1, -0.05) is 13.8 Å². The van der Waals surface area contributed by atoms with Gasteiger partial charge in [-0.2, -0.15) is 8.78 Å². The summed E-state index contributed by atoms with van der Waals surface area (Å²) >= 11 is 0. The summed E-state index contributed by atoms with van der Waals surface area (Å²) in [6.45, 7) is 4.54. The van der Waals surface area contributed by atoms with Gasteiger partial charge in [0.1, 0.15) is 0 Å². The van der Waals surface area contributed by atoms with Gasteiger partial charge in [0, 0.05) is 12.8 Å². The first kappa shape index (κ1) is 16.8. The first-order valence-corrected chi connectivity index (χ1v) is 7.71. The molecule has 0 amide bonds. The first-order chi connectivity index (χ1) is 9.28. The fourth-order valence-electron chi connectivity index (χ4n) is 1.64. The van der Waals surface area contributed by atoms with E-state index < -0.39 is 15.6 Å². The van der Waals surface area contributed by atoms with Gasteiger partial charge in [0.15, 0.2) is 0 Å². The molecule has 0 aliphatic rings. The van der Waals surface area contributed by atoms with Crippen molar-refractivity contribution in [3.63, 3.8) is 0 Å². The van der Waals surface area contributed by atoms with Crippen LogP contribution in [0.25, 0.3) is 0 Å². The lowest BCUT2D eigenvalue weighted by atomic mass is 10.1. The lowest BCUT2D eigenvalue weighted by Crippen LogP contribution is -2.30. The predicted molar refractivity (Wildman–Crippen MR) is 73.8 cm³/mol. The summed E-state index contributed by atoms with van der Waals surface area (Å²) in [6, 6.07) is 5.35. The SMILES string of the molecule is COCC(Nc1ccc(S(=O)(=O)C(F)F)cc1)C(C)C. The number of rotatable bonds is 7. The molecule has 0 radical (unpaired) electrons. The molecule has 1 N–H and O–H groups in total. The molecule has 0 spiro atoms. The van der Waals surface area contributed by atoms with Crippen molar-refractivity contribution in [2.24, 2.45) is 5.92 Å². The van der Waals surface area contributed by atoms with E-state index in [1.165, 1.54) is 24.3 Å². The number of alkyl halides is 2. The van der Waals surface area contributed by atoms with Gasteiger partial charge in [0.25, 0.3) is 0 Å². The van der Waals surface area contributed by atoms with Crippen molar-refractivity contribution >= 4 is 15.5 Å². The maximum atomic E-state index is 12.4. The van der Waals surface area contributed by atoms with E-state index in [4.69, 9.17) is 4.74 Å². The second-order valence-electron chi connectivity index (χ2n) is 4.78. The quantitative estimate of drug-likeness (QED) is 0.841. The third kappa shape index (κ3) is 4.14. The zero-order valence-electron chi connectivity index (χ0n) is 11.6. The maximum absolute atomic E-state index is 12.4. The zero-order chi connectivity index (χ0) is 15.3. The van der Waals surface area contributed by atoms with Crippen LogP contribution in [0, 0.1) is 5.92 Å². The normalized spacial score (nSPS) is 13.8. The molecule has 1 unspecified atom stereocenters. The molecule has 20 heavy (non-hydrogen) atoms. The average Bonchev–Trinajstić information content (AvgIpc) is 2.38. The van der Waals surface area contributed by atoms with Crippen molar-refractivity contribution in [1.82, 2.24) is 0 Å². The molecular formula is C13H19F2NO3S. The first-order valence-electron chi connectivity index (χ1n) is 6.16. The number of nitrogens with one attached hydrogen (secondary N) is 1. The van der Waals surface area contributed by atoms with Crippen LogP contribution < -0.4 is 5.32 Å². The summed E-state index contributed by atoms with van der Waals surface area (Å²) in [5, 5.41) is 3.18. The lowest BCUT2D eigenvalue weighted by Gasteiger charge is -2.22. The average molecular weight is 307 g/mol. The van der Waals surface area contributed by atoms with Gasteiger partial charge in [-0.25, -0.2) is 8.42 Å². The largest absolute Gasteiger partial charge is 0.383 e. The monoisotopic (exact) mass is 307 g/mol. The second kappa shape index (κ2) is 6.99. The number of sulfone groups is 1. The topological polar surface area (TPSA) is 55.4 Å². The molecule has 0 saturated heterocycles. The summed E-state index contributed by atoms with van der Waals surface area (Å²) in [7, 11) is -2.94. The fourth-order valence-corrected chi connectivity index (χ4v) is 2.36. The van der Waals surface area contributed by atoms with Crippen LogP contribution in [0.15, 0.2) is 29.2 Å². The Hall–Kier alpha value is -1.21. The van der Waals surface area contributed by atoms with E-state index in [0.29, 0.717) is 18.2 Å². The third-order valence-electron chi connectivity index (χ3n) is 2.92. The summed E-state index contributed by atoms with van der Waals surface area (Å²) in [5.41, 5.74) is 0.661. The standard InChI is InChI=1S/C13H19F2NO3S/c1-9(2)12(8-19-3)16-10-4-6-11(7-5-10)20(17,18)13(14)15/h4-7,9,12-13,16H,8H2,1-3H3. The lowest BCUT2D eigenvalue weighted by molar-refractivity contribution is 0.171. The Labute approximate surface area is 118 Å². The van der Waals surface area contributed by atoms with E-state index in [0.717, 1.165) is 0 Å². The minimum Gasteiger partial charge on any atom is -0.383 e. The summed E-state index contributed by atoms with van der Waals surface area (Å²) in [6.07, 6.45) is 0. The van der Waals surface area contributed by atoms with Crippen molar-refractivity contribution in [3.05, 3.63) is 24.3 Å². The van der Waals surface area contributed by atoms with Gasteiger partial charge >= 0.3 is 5.76 Å². The molecule has 114 valence electrons. The Morgan fingerprint density at radius 1 is 1.20 bits per heavy atom. The van der Waals surface area contributed by atoms with E-state index in [2.05, 4.69) is 5.32 Å². The minimum atomic E-state index is -4.53. The molecule has 0 aromatic heterocycles. The van der Waals surface area contributed by atoms with Crippen molar-refractivity contribution in [2.75, 3.05) is 19.0 Å². The van der Waals surface area contributed by atoms with Crippen LogP contribution in [0.2, 0.25) is 0 Å². The molecule has 7 heteroatoms. The Morgan fingerprint density at radius 2 is 1.75 bits per heavy atom. The molecule has 4 nitrogen and oxygen atoms in total. The number of anilines is 1. The van der Waals surface area contributed by atoms with Crippen molar-refractivity contribution < 1.29 is 21.9 Å². The molecular weight excluding hydrogens is 288 g/mol. The van der Waals surface area contributed by atoms with Crippen LogP contribution in [-0.4, -0.2) is 33.9 Å². The van der Waals surface area contributed by atoms with Crippen LogP contribution in [0.4, 0.5) is 14.5 Å². The number of hydrogen-bond donors (Lipinski definition) is 1. The number of benzene rings is 1. The molecule has 0 fully saturated rings. The van der Waals surface area contributed by atoms with Gasteiger partial charge in [0.05, 0.1) is 17.5 Å². The Kier molecular flexibility index (Phi) is 5.88. The van der Waals surface area contributed by atoms with Gasteiger partial charge < -0.3 is 10.1 Å². The van der Waals surface area contributed by atoms with E-state index in [1.54, 1.807) is 7.11 Å². The summed E-state index contributed by atoms with van der Waals surface area (Å²) in [5.74, 6) is -3.10. The number of hydrogen-bond acceptors (Lipinski definition) is 4. The van der Waals surface area contributed by atoms with E-state index in [-0.39, 0.29) is 10.9 Å². The molecule has 0 aliphatic heterocycles. The Balaban J connectivity index is 2.86. The third-order valence-corrected chi connectivity index (χ3v) is 4.32. The van der Waals surface area contributed by atoms with Crippen molar-refractivity contribution in [1.29, 1.82) is 0 Å². The molecule has 0 saturated carbocycles. The number of methoxy groups -OCH3 is 1. The van der Waals surface area contributed by atoms with Crippen LogP contribution in [0.1, 0.15) is 13.8 Å². The van der Waals surface area contributed by atoms with Crippen molar-refractivity contribution in [2.45, 2.75) is 30.5 Å². The smallest absolute Gasteiger partial charge is 0.341 e. The van der Waals surface area contributed by atoms with Gasteiger partial charge in [-0.15, -0.1) is 0 Å². The molecule has 1 aromatic carbocycles. The highest BCUT2D eigenvalue weighted by Crippen LogP contribution is 2.21. The van der Waals surface area contributed by atoms with E-state index in [9.17, 15) is 17.2 Å². The van der Waals surface area contributed by atoms with Gasteiger partial charge in [-0.05, 0) is 30.2 Å². The Morgan fingerprint density at radius 3 is 2.15 bits per heavy atom. The van der Waals surface area contributed by atoms with Crippen LogP contribution in [-0.2, 0) is 14.6 Å². The molecule has 1 rings (SSSR count). The summed E-state index contributed by atoms with van der Waals surface area (Å²) in [4.78, 5) is -0.383. The maximum Gasteiger partial charge on any atom is 0.341 e. The number of halogens is 2. The second-order valence-corrected chi connectivity index (χ2v) is 6.70. The molecule has 1 aromatic rings. The van der Waals surface area contributed by atoms with E-state index >= 15 is 0 Å². The predicted octanol–water partition coefficient (Wildman–Crippen LogP) is 2.77. The van der Waals surface area contributed by atoms with E-state index in [1.807, 2.05) is 13.8 Å². The van der Waals surface area contributed by atoms with Gasteiger partial charge in [0.2, 0.25) is 9.84 Å². The Bertz CT molecular complexity index is 515. The van der Waals surface area contributed by atoms with Crippen LogP contribution in [0.3, 0.4) is 0 Å². The minimum absolute atomic E-state index is 0.0533. The zero-order valence-corrected chi connectivity index (χ0v) is 12.5. The summed E-state index contributed by atoms with van der Waals surface area (Å²) < 4.78 is 52.5. The molecule has 0 heterocycles. The van der Waals surface area contributed by atoms with Crippen LogP contribution >= 0.6 is 0 Å².